The summed E-state index contributed by atoms with van der Waals surface area (Å²) in [6.07, 6.45) is 0.385. The molecule has 7 heteroatoms. The first kappa shape index (κ1) is 18.0. The lowest BCUT2D eigenvalue weighted by Gasteiger charge is -2.25. The standard InChI is InChI=1S/C16H19Cl2NO4/c1-10(11-3-4-12(17)13(18)7-11)14(20)19-6-5-16(8-19,9-23-2)15(21)22/h3-4,7,10H,5-6,8-9H2,1-2H3,(H,21,22). The van der Waals surface area contributed by atoms with E-state index in [1.54, 1.807) is 30.0 Å². The average molecular weight is 360 g/mol. The Morgan fingerprint density at radius 2 is 2.09 bits per heavy atom. The third-order valence-electron chi connectivity index (χ3n) is 4.35. The summed E-state index contributed by atoms with van der Waals surface area (Å²) in [4.78, 5) is 25.8. The molecule has 2 atom stereocenters. The van der Waals surface area contributed by atoms with E-state index < -0.39 is 17.3 Å². The number of amides is 1. The van der Waals surface area contributed by atoms with E-state index in [0.717, 1.165) is 5.56 Å². The summed E-state index contributed by atoms with van der Waals surface area (Å²) in [5.41, 5.74) is -0.272. The van der Waals surface area contributed by atoms with Crippen LogP contribution in [0.4, 0.5) is 0 Å². The summed E-state index contributed by atoms with van der Waals surface area (Å²) >= 11 is 11.9. The SMILES string of the molecule is COCC1(C(=O)O)CCN(C(=O)C(C)c2ccc(Cl)c(Cl)c2)C1. The molecule has 1 saturated heterocycles. The van der Waals surface area contributed by atoms with Crippen molar-refractivity contribution in [2.75, 3.05) is 26.8 Å². The Labute approximate surface area is 145 Å². The van der Waals surface area contributed by atoms with Crippen LogP contribution in [0, 0.1) is 5.41 Å². The van der Waals surface area contributed by atoms with E-state index in [1.165, 1.54) is 7.11 Å². The van der Waals surface area contributed by atoms with Crippen molar-refractivity contribution in [1.82, 2.24) is 4.90 Å². The number of carboxylic acid groups (broad SMARTS) is 1. The lowest BCUT2D eigenvalue weighted by molar-refractivity contribution is -0.151. The van der Waals surface area contributed by atoms with Crippen molar-refractivity contribution in [3.05, 3.63) is 33.8 Å². The van der Waals surface area contributed by atoms with Gasteiger partial charge in [-0.15, -0.1) is 0 Å². The highest BCUT2D eigenvalue weighted by molar-refractivity contribution is 6.42. The molecule has 1 heterocycles. The van der Waals surface area contributed by atoms with Crippen LogP contribution in [-0.4, -0.2) is 48.7 Å². The van der Waals surface area contributed by atoms with Gasteiger partial charge in [-0.25, -0.2) is 0 Å². The molecular weight excluding hydrogens is 341 g/mol. The summed E-state index contributed by atoms with van der Waals surface area (Å²) in [5, 5.41) is 10.3. The number of aliphatic carboxylic acids is 1. The zero-order valence-electron chi connectivity index (χ0n) is 13.0. The summed E-state index contributed by atoms with van der Waals surface area (Å²) in [7, 11) is 1.47. The number of ether oxygens (including phenoxy) is 1. The van der Waals surface area contributed by atoms with Crippen molar-refractivity contribution in [3.63, 3.8) is 0 Å². The molecule has 2 rings (SSSR count). The molecule has 1 aliphatic heterocycles. The second-order valence-electron chi connectivity index (χ2n) is 5.92. The van der Waals surface area contributed by atoms with Gasteiger partial charge in [-0.05, 0) is 31.0 Å². The van der Waals surface area contributed by atoms with E-state index >= 15 is 0 Å². The Balaban J connectivity index is 2.14. The number of rotatable bonds is 5. The Morgan fingerprint density at radius 1 is 1.39 bits per heavy atom. The molecule has 1 N–H and O–H groups in total. The smallest absolute Gasteiger partial charge is 0.313 e. The number of carbonyl (C=O) groups is 2. The number of halogens is 2. The molecule has 1 fully saturated rings. The third kappa shape index (κ3) is 3.62. The first-order valence-electron chi connectivity index (χ1n) is 7.27. The first-order chi connectivity index (χ1) is 10.8. The fourth-order valence-electron chi connectivity index (χ4n) is 2.89. The number of nitrogens with zero attached hydrogens (tertiary/aromatic N) is 1. The van der Waals surface area contributed by atoms with Gasteiger partial charge in [0.25, 0.3) is 0 Å². The normalized spacial score (nSPS) is 22.2. The van der Waals surface area contributed by atoms with E-state index in [4.69, 9.17) is 27.9 Å². The maximum Gasteiger partial charge on any atom is 0.313 e. The van der Waals surface area contributed by atoms with Gasteiger partial charge in [0.2, 0.25) is 5.91 Å². The van der Waals surface area contributed by atoms with Crippen molar-refractivity contribution >= 4 is 35.1 Å². The number of carbonyl (C=O) groups excluding carboxylic acids is 1. The van der Waals surface area contributed by atoms with Crippen molar-refractivity contribution in [2.24, 2.45) is 5.41 Å². The van der Waals surface area contributed by atoms with Gasteiger partial charge < -0.3 is 14.7 Å². The molecule has 0 aliphatic carbocycles. The summed E-state index contributed by atoms with van der Waals surface area (Å²) < 4.78 is 5.04. The molecule has 126 valence electrons. The topological polar surface area (TPSA) is 66.8 Å². The minimum Gasteiger partial charge on any atom is -0.481 e. The largest absolute Gasteiger partial charge is 0.481 e. The lowest BCUT2D eigenvalue weighted by atomic mass is 9.88. The Hall–Kier alpha value is -1.30. The molecule has 1 aromatic rings. The van der Waals surface area contributed by atoms with Crippen LogP contribution in [0.2, 0.25) is 10.0 Å². The lowest BCUT2D eigenvalue weighted by Crippen LogP contribution is -2.41. The second kappa shape index (κ2) is 7.07. The van der Waals surface area contributed by atoms with Crippen molar-refractivity contribution in [2.45, 2.75) is 19.3 Å². The van der Waals surface area contributed by atoms with E-state index in [1.807, 2.05) is 0 Å². The van der Waals surface area contributed by atoms with Crippen LogP contribution in [0.1, 0.15) is 24.8 Å². The molecule has 0 radical (unpaired) electrons. The van der Waals surface area contributed by atoms with Crippen LogP contribution in [0.15, 0.2) is 18.2 Å². The van der Waals surface area contributed by atoms with Crippen LogP contribution in [-0.2, 0) is 14.3 Å². The molecule has 0 aromatic heterocycles. The second-order valence-corrected chi connectivity index (χ2v) is 6.74. The van der Waals surface area contributed by atoms with E-state index in [2.05, 4.69) is 0 Å². The van der Waals surface area contributed by atoms with Crippen LogP contribution >= 0.6 is 23.2 Å². The summed E-state index contributed by atoms with van der Waals surface area (Å²) in [6.45, 7) is 2.42. The number of likely N-dealkylation sites (tertiary alicyclic amines) is 1. The molecule has 23 heavy (non-hydrogen) atoms. The molecule has 0 bridgehead atoms. The highest BCUT2D eigenvalue weighted by Gasteiger charge is 2.47. The van der Waals surface area contributed by atoms with Crippen molar-refractivity contribution in [3.8, 4) is 0 Å². The van der Waals surface area contributed by atoms with Gasteiger partial charge in [0.1, 0.15) is 5.41 Å². The number of methoxy groups -OCH3 is 1. The van der Waals surface area contributed by atoms with Crippen molar-refractivity contribution < 1.29 is 19.4 Å². The van der Waals surface area contributed by atoms with Gasteiger partial charge in [-0.3, -0.25) is 9.59 Å². The maximum absolute atomic E-state index is 12.7. The van der Waals surface area contributed by atoms with Crippen molar-refractivity contribution in [1.29, 1.82) is 0 Å². The zero-order valence-corrected chi connectivity index (χ0v) is 14.5. The number of carboxylic acids is 1. The molecular formula is C16H19Cl2NO4. The summed E-state index contributed by atoms with van der Waals surface area (Å²) in [5.74, 6) is -1.48. The molecule has 1 amide bonds. The van der Waals surface area contributed by atoms with Crippen LogP contribution in [0.5, 0.6) is 0 Å². The van der Waals surface area contributed by atoms with Gasteiger partial charge >= 0.3 is 5.97 Å². The van der Waals surface area contributed by atoms with E-state index in [9.17, 15) is 14.7 Å². The highest BCUT2D eigenvalue weighted by Crippen LogP contribution is 2.34. The van der Waals surface area contributed by atoms with Gasteiger partial charge in [-0.1, -0.05) is 29.3 Å². The fraction of sp³-hybridized carbons (Fsp3) is 0.500. The fourth-order valence-corrected chi connectivity index (χ4v) is 3.20. The van der Waals surface area contributed by atoms with E-state index in [0.29, 0.717) is 23.0 Å². The Bertz CT molecular complexity index is 622. The molecule has 0 spiro atoms. The van der Waals surface area contributed by atoms with Gasteiger partial charge in [0.15, 0.2) is 0 Å². The first-order valence-corrected chi connectivity index (χ1v) is 8.02. The Morgan fingerprint density at radius 3 is 2.65 bits per heavy atom. The molecule has 2 unspecified atom stereocenters. The monoisotopic (exact) mass is 359 g/mol. The number of hydrogen-bond donors (Lipinski definition) is 1. The quantitative estimate of drug-likeness (QED) is 0.877. The molecule has 0 saturated carbocycles. The third-order valence-corrected chi connectivity index (χ3v) is 5.09. The summed E-state index contributed by atoms with van der Waals surface area (Å²) in [6, 6.07) is 5.08. The van der Waals surface area contributed by atoms with Gasteiger partial charge in [-0.2, -0.15) is 0 Å². The van der Waals surface area contributed by atoms with Gasteiger partial charge in [0.05, 0.1) is 22.6 Å². The van der Waals surface area contributed by atoms with Crippen LogP contribution in [0.3, 0.4) is 0 Å². The Kier molecular flexibility index (Phi) is 5.55. The number of hydrogen-bond acceptors (Lipinski definition) is 3. The van der Waals surface area contributed by atoms with Crippen LogP contribution < -0.4 is 0 Å². The molecule has 1 aromatic carbocycles. The number of benzene rings is 1. The van der Waals surface area contributed by atoms with Crippen LogP contribution in [0.25, 0.3) is 0 Å². The maximum atomic E-state index is 12.7. The predicted molar refractivity (Wildman–Crippen MR) is 88.0 cm³/mol. The molecule has 1 aliphatic rings. The molecule has 5 nitrogen and oxygen atoms in total. The van der Waals surface area contributed by atoms with E-state index in [-0.39, 0.29) is 19.1 Å². The minimum absolute atomic E-state index is 0.0905. The van der Waals surface area contributed by atoms with Gasteiger partial charge in [0, 0.05) is 20.2 Å². The highest BCUT2D eigenvalue weighted by atomic mass is 35.5. The minimum atomic E-state index is -1.03. The zero-order chi connectivity index (χ0) is 17.2. The average Bonchev–Trinajstić information content (AvgIpc) is 2.94. The predicted octanol–water partition coefficient (Wildman–Crippen LogP) is 3.05.